The molecule has 4 N–H and O–H groups in total. The predicted molar refractivity (Wildman–Crippen MR) is 391 cm³/mol. The predicted octanol–water partition coefficient (Wildman–Crippen LogP) is 20.2. The molecule has 0 aliphatic carbocycles. The van der Waals surface area contributed by atoms with Crippen LogP contribution in [0.15, 0.2) is 266 Å². The molecule has 0 aliphatic heterocycles. The third kappa shape index (κ3) is 33.1. The molecule has 0 atom stereocenters. The molecular weight excluding hydrogens is 1960 g/mol. The Morgan fingerprint density at radius 2 is 0.690 bits per heavy atom. The number of para-hydroxylation sites is 1. The van der Waals surface area contributed by atoms with Crippen LogP contribution in [-0.4, -0.2) is 63.5 Å². The van der Waals surface area contributed by atoms with Crippen molar-refractivity contribution in [2.45, 2.75) is 83.1 Å². The first-order chi connectivity index (χ1) is 45.8. The zero-order valence-electron chi connectivity index (χ0n) is 57.6. The number of fused-ring (bicyclic) bond motifs is 4. The van der Waals surface area contributed by atoms with E-state index < -0.39 is 0 Å². The first-order valence-electron chi connectivity index (χ1n) is 30.7. The van der Waals surface area contributed by atoms with E-state index in [1.807, 2.05) is 128 Å². The van der Waals surface area contributed by atoms with Crippen molar-refractivity contribution in [2.24, 2.45) is 0 Å². The zero-order chi connectivity index (χ0) is 70.1. The first-order valence-corrected chi connectivity index (χ1v) is 30.7. The molecular formula is C84H80Ir4N4O8-4. The molecule has 12 nitrogen and oxygen atoms in total. The molecule has 12 aromatic rings. The number of aliphatic hydroxyl groups is 4. The molecule has 0 saturated heterocycles. The van der Waals surface area contributed by atoms with E-state index in [-0.39, 0.29) is 127 Å². The van der Waals surface area contributed by atoms with Gasteiger partial charge in [0.1, 0.15) is 0 Å². The molecule has 4 radical (unpaired) electrons. The second-order valence-corrected chi connectivity index (χ2v) is 22.2. The van der Waals surface area contributed by atoms with E-state index in [0.29, 0.717) is 0 Å². The van der Waals surface area contributed by atoms with E-state index in [0.717, 1.165) is 67.1 Å². The average Bonchev–Trinajstić information content (AvgIpc) is 0.838. The van der Waals surface area contributed by atoms with Gasteiger partial charge in [0.15, 0.2) is 23.1 Å². The summed E-state index contributed by atoms with van der Waals surface area (Å²) in [4.78, 5) is 58.6. The van der Waals surface area contributed by atoms with Gasteiger partial charge < -0.3 is 25.4 Å². The van der Waals surface area contributed by atoms with Crippen LogP contribution in [0.3, 0.4) is 0 Å². The molecule has 0 bridgehead atoms. The fourth-order valence-corrected chi connectivity index (χ4v) is 9.16. The maximum atomic E-state index is 10.0. The van der Waals surface area contributed by atoms with Crippen molar-refractivity contribution in [3.05, 3.63) is 312 Å². The van der Waals surface area contributed by atoms with E-state index in [4.69, 9.17) is 25.4 Å². The maximum absolute atomic E-state index is 10.0. The maximum Gasteiger partial charge on any atom is 0.155 e. The van der Waals surface area contributed by atoms with Gasteiger partial charge in [-0.05, 0) is 154 Å². The topological polar surface area (TPSA) is 201 Å². The Hall–Kier alpha value is -9.16. The number of aromatic nitrogens is 4. The second kappa shape index (κ2) is 47.0. The molecule has 100 heavy (non-hydrogen) atoms. The van der Waals surface area contributed by atoms with Crippen LogP contribution >= 0.6 is 0 Å². The van der Waals surface area contributed by atoms with Crippen molar-refractivity contribution in [3.8, 4) is 45.0 Å². The number of aliphatic hydroxyl groups excluding tert-OH is 4. The third-order valence-electron chi connectivity index (χ3n) is 13.0. The van der Waals surface area contributed by atoms with Crippen LogP contribution in [0.1, 0.15) is 77.6 Å². The van der Waals surface area contributed by atoms with Crippen LogP contribution < -0.4 is 0 Å². The molecule has 0 aliphatic rings. The summed E-state index contributed by atoms with van der Waals surface area (Å²) in [5.74, 6) is -0.250. The molecule has 524 valence electrons. The van der Waals surface area contributed by atoms with Gasteiger partial charge in [-0.25, -0.2) is 0 Å². The molecule has 4 aromatic heterocycles. The minimum atomic E-state index is -0.125. The summed E-state index contributed by atoms with van der Waals surface area (Å²) in [6, 6.07) is 84.6. The van der Waals surface area contributed by atoms with Crippen molar-refractivity contribution in [1.82, 2.24) is 19.9 Å². The number of hydrogen-bond donors (Lipinski definition) is 4. The SMILES string of the molecule is CC(=O)C=C(C)O.CC(=O)C=C(C)O.CC(=O)C=C(C)O.CC(=O)C=C(C)O.Cc1[c-]c(-c2ccc3ccc(C)cc3n2)cc(C)c1.Cc1ccc2ccc(-c3[c-]cccc3)nc2c1.[Ir].[Ir].[Ir].[Ir].[c-]1ccccc1-c1ccc2ccccc2n1.[c-]1ccccc1-c1nccc2ccccc12. The first kappa shape index (κ1) is 88.8. The number of pyridine rings is 4. The van der Waals surface area contributed by atoms with Crippen molar-refractivity contribution in [3.63, 3.8) is 0 Å². The fraction of sp³-hybridized carbons (Fsp3) is 0.143. The molecule has 0 amide bonds. The van der Waals surface area contributed by atoms with Crippen molar-refractivity contribution < 1.29 is 120 Å². The van der Waals surface area contributed by atoms with Crippen LogP contribution in [0.5, 0.6) is 0 Å². The molecule has 8 aromatic carbocycles. The van der Waals surface area contributed by atoms with E-state index in [9.17, 15) is 19.2 Å². The van der Waals surface area contributed by atoms with Gasteiger partial charge in [0.25, 0.3) is 0 Å². The largest absolute Gasteiger partial charge is 0.512 e. The summed E-state index contributed by atoms with van der Waals surface area (Å²) < 4.78 is 0. The quantitative estimate of drug-likeness (QED) is 0.0638. The number of carbonyl (C=O) groups is 4. The Bertz CT molecular complexity index is 4540. The van der Waals surface area contributed by atoms with Gasteiger partial charge in [-0.3, -0.25) is 34.1 Å². The number of hydrogen-bond acceptors (Lipinski definition) is 12. The Labute approximate surface area is 641 Å². The monoisotopic (exact) mass is 2040 g/mol. The molecule has 16 heteroatoms. The molecule has 12 rings (SSSR count). The summed E-state index contributed by atoms with van der Waals surface area (Å²) >= 11 is 0. The smallest absolute Gasteiger partial charge is 0.155 e. The molecule has 0 saturated carbocycles. The molecule has 0 unspecified atom stereocenters. The summed E-state index contributed by atoms with van der Waals surface area (Å²) in [5.41, 5.74) is 16.1. The zero-order valence-corrected chi connectivity index (χ0v) is 67.2. The standard InChI is InChI=1S/C18H16N.C16H12N.2C15H10N.4C5H8O2.4Ir/c1-12-4-5-15-6-7-17(19-18(15)11-12)16-9-13(2)8-14(3)10-16;1-12-7-8-14-9-10-15(17-16(14)11-12)13-5-3-2-4-6-13;1-2-7-13(8-3-1)15-14-9-5-4-6-12(14)10-11-16-15;1-2-6-12(7-3-1)15-11-10-13-8-4-5-9-14(13)16-15;4*1-4(6)3-5(2)7;;;;/h4-9,11H,1-3H3;2-5,7-11H,1H3;1-7,9-11H;1-6,8-11H;4*3,6H,1-2H3;;;;/q4*-1;;;;;;;;. The summed E-state index contributed by atoms with van der Waals surface area (Å²) in [7, 11) is 0. The molecule has 4 heterocycles. The van der Waals surface area contributed by atoms with Gasteiger partial charge in [-0.1, -0.05) is 117 Å². The van der Waals surface area contributed by atoms with Gasteiger partial charge >= 0.3 is 0 Å². The number of rotatable bonds is 8. The van der Waals surface area contributed by atoms with Crippen molar-refractivity contribution >= 4 is 66.6 Å². The number of ketones is 4. The number of nitrogens with zero attached hydrogens (tertiary/aromatic N) is 4. The summed E-state index contributed by atoms with van der Waals surface area (Å²) in [5, 5.41) is 39.4. The minimum Gasteiger partial charge on any atom is -0.512 e. The summed E-state index contributed by atoms with van der Waals surface area (Å²) in [6.07, 6.45) is 6.51. The Kier molecular flexibility index (Phi) is 41.7. The van der Waals surface area contributed by atoms with Gasteiger partial charge in [-0.2, -0.15) is 0 Å². The van der Waals surface area contributed by atoms with Gasteiger partial charge in [-0.15, -0.1) is 143 Å². The van der Waals surface area contributed by atoms with Crippen LogP contribution in [0.25, 0.3) is 88.5 Å². The van der Waals surface area contributed by atoms with Crippen LogP contribution in [0.4, 0.5) is 0 Å². The number of allylic oxidation sites excluding steroid dienone is 8. The Balaban J connectivity index is 0.000000587. The average molecular weight is 2040 g/mol. The van der Waals surface area contributed by atoms with Gasteiger partial charge in [0.2, 0.25) is 0 Å². The van der Waals surface area contributed by atoms with E-state index in [2.05, 4.69) is 158 Å². The van der Waals surface area contributed by atoms with E-state index in [1.165, 1.54) is 123 Å². The van der Waals surface area contributed by atoms with E-state index >= 15 is 0 Å². The van der Waals surface area contributed by atoms with Crippen molar-refractivity contribution in [2.75, 3.05) is 0 Å². The number of carbonyl (C=O) groups excluding carboxylic acids is 4. The number of aryl methyl sites for hydroxylation is 4. The second-order valence-electron chi connectivity index (χ2n) is 22.2. The number of benzene rings is 8. The van der Waals surface area contributed by atoms with Gasteiger partial charge in [0, 0.05) is 111 Å². The van der Waals surface area contributed by atoms with Crippen LogP contribution in [0, 0.1) is 52.0 Å². The van der Waals surface area contributed by atoms with Crippen molar-refractivity contribution in [1.29, 1.82) is 0 Å². The normalized spacial score (nSPS) is 10.4. The fourth-order valence-electron chi connectivity index (χ4n) is 9.16. The minimum absolute atomic E-state index is 0. The Morgan fingerprint density at radius 1 is 0.340 bits per heavy atom. The van der Waals surface area contributed by atoms with Gasteiger partial charge in [0.05, 0.1) is 39.6 Å². The summed E-state index contributed by atoms with van der Waals surface area (Å²) in [6.45, 7) is 19.8. The molecule has 0 fully saturated rings. The van der Waals surface area contributed by atoms with Crippen LogP contribution in [0.2, 0.25) is 0 Å². The third-order valence-corrected chi connectivity index (χ3v) is 13.0. The van der Waals surface area contributed by atoms with E-state index in [1.54, 1.807) is 0 Å². The van der Waals surface area contributed by atoms with Crippen LogP contribution in [-0.2, 0) is 99.6 Å². The molecule has 0 spiro atoms. The Morgan fingerprint density at radius 3 is 1.07 bits per heavy atom.